The molecule has 0 aliphatic heterocycles. The number of nitrogens with two attached hydrogens (primary N) is 1. The van der Waals surface area contributed by atoms with Crippen molar-refractivity contribution in [3.05, 3.63) is 48.6 Å². The molecule has 3 aromatic rings. The quantitative estimate of drug-likeness (QED) is 0.736. The number of rotatable bonds is 4. The van der Waals surface area contributed by atoms with Gasteiger partial charge in [0.1, 0.15) is 5.69 Å². The Morgan fingerprint density at radius 1 is 1.15 bits per heavy atom. The Morgan fingerprint density at radius 2 is 2.10 bits per heavy atom. The molecular weight excluding hydrogens is 274 g/mol. The molecule has 3 rings (SSSR count). The van der Waals surface area contributed by atoms with Gasteiger partial charge in [-0.25, -0.2) is 4.98 Å². The van der Waals surface area contributed by atoms with E-state index in [4.69, 9.17) is 10.3 Å². The molecule has 0 aliphatic carbocycles. The molecule has 20 heavy (non-hydrogen) atoms. The van der Waals surface area contributed by atoms with Gasteiger partial charge in [0.15, 0.2) is 0 Å². The highest BCUT2D eigenvalue weighted by molar-refractivity contribution is 7.98. The Morgan fingerprint density at radius 3 is 2.85 bits per heavy atom. The van der Waals surface area contributed by atoms with Gasteiger partial charge in [-0.3, -0.25) is 4.98 Å². The van der Waals surface area contributed by atoms with E-state index in [1.807, 2.05) is 30.3 Å². The summed E-state index contributed by atoms with van der Waals surface area (Å²) in [5, 5.41) is 4.77. The van der Waals surface area contributed by atoms with E-state index in [1.54, 1.807) is 12.4 Å². The topological polar surface area (TPSA) is 90.7 Å². The number of aromatic nitrogens is 4. The second kappa shape index (κ2) is 5.70. The molecular formula is C13H11N5OS. The van der Waals surface area contributed by atoms with Crippen molar-refractivity contribution in [3.63, 3.8) is 0 Å². The second-order valence-corrected chi connectivity index (χ2v) is 4.94. The molecule has 3 aromatic heterocycles. The summed E-state index contributed by atoms with van der Waals surface area (Å²) < 4.78 is 5.19. The van der Waals surface area contributed by atoms with E-state index in [9.17, 15) is 0 Å². The van der Waals surface area contributed by atoms with Crippen molar-refractivity contribution >= 4 is 17.4 Å². The number of hydrogen-bond donors (Lipinski definition) is 1. The van der Waals surface area contributed by atoms with Crippen LogP contribution in [0.15, 0.2) is 52.3 Å². The Bertz CT molecular complexity index is 683. The predicted octanol–water partition coefficient (Wildman–Crippen LogP) is 2.40. The summed E-state index contributed by atoms with van der Waals surface area (Å²) >= 11 is 1.51. The van der Waals surface area contributed by atoms with E-state index < -0.39 is 0 Å². The molecule has 0 atom stereocenters. The minimum Gasteiger partial charge on any atom is -0.397 e. The van der Waals surface area contributed by atoms with Crippen molar-refractivity contribution < 1.29 is 4.52 Å². The normalized spacial score (nSPS) is 10.6. The van der Waals surface area contributed by atoms with Gasteiger partial charge in [0.05, 0.1) is 22.7 Å². The van der Waals surface area contributed by atoms with Gasteiger partial charge in [0.25, 0.3) is 0 Å². The molecule has 2 N–H and O–H groups in total. The number of pyridine rings is 2. The molecule has 3 heterocycles. The SMILES string of the molecule is Nc1ccc(SCc2nc(-c3ccccn3)no2)nc1. The Labute approximate surface area is 119 Å². The minimum absolute atomic E-state index is 0.492. The highest BCUT2D eigenvalue weighted by Crippen LogP contribution is 2.21. The first-order valence-corrected chi connectivity index (χ1v) is 6.88. The van der Waals surface area contributed by atoms with E-state index in [-0.39, 0.29) is 0 Å². The van der Waals surface area contributed by atoms with Crippen LogP contribution in [0.3, 0.4) is 0 Å². The molecule has 0 unspecified atom stereocenters. The number of anilines is 1. The second-order valence-electron chi connectivity index (χ2n) is 3.95. The first-order chi connectivity index (χ1) is 9.81. The van der Waals surface area contributed by atoms with Crippen molar-refractivity contribution in [3.8, 4) is 11.5 Å². The van der Waals surface area contributed by atoms with Gasteiger partial charge in [0, 0.05) is 6.20 Å². The van der Waals surface area contributed by atoms with E-state index in [0.717, 1.165) is 5.03 Å². The third kappa shape index (κ3) is 2.94. The fourth-order valence-electron chi connectivity index (χ4n) is 1.53. The molecule has 0 spiro atoms. The lowest BCUT2D eigenvalue weighted by Crippen LogP contribution is -1.88. The number of nitrogen functional groups attached to an aromatic ring is 1. The van der Waals surface area contributed by atoms with Gasteiger partial charge in [-0.1, -0.05) is 23.0 Å². The molecule has 0 saturated carbocycles. The number of nitrogens with zero attached hydrogens (tertiary/aromatic N) is 4. The number of thioether (sulfide) groups is 1. The fourth-order valence-corrected chi connectivity index (χ4v) is 2.21. The van der Waals surface area contributed by atoms with Crippen molar-refractivity contribution in [1.82, 2.24) is 20.1 Å². The summed E-state index contributed by atoms with van der Waals surface area (Å²) in [6, 6.07) is 9.22. The van der Waals surface area contributed by atoms with E-state index in [0.29, 0.717) is 28.8 Å². The van der Waals surface area contributed by atoms with E-state index in [2.05, 4.69) is 20.1 Å². The first kappa shape index (κ1) is 12.6. The van der Waals surface area contributed by atoms with Crippen LogP contribution in [-0.4, -0.2) is 20.1 Å². The fraction of sp³-hybridized carbons (Fsp3) is 0.0769. The summed E-state index contributed by atoms with van der Waals surface area (Å²) in [5.74, 6) is 1.58. The molecule has 0 aliphatic rings. The summed E-state index contributed by atoms with van der Waals surface area (Å²) in [6.07, 6.45) is 3.31. The third-order valence-corrected chi connectivity index (χ3v) is 3.39. The maximum absolute atomic E-state index is 5.58. The summed E-state index contributed by atoms with van der Waals surface area (Å²) in [6.45, 7) is 0. The monoisotopic (exact) mass is 285 g/mol. The highest BCUT2D eigenvalue weighted by Gasteiger charge is 2.09. The molecule has 100 valence electrons. The maximum atomic E-state index is 5.58. The minimum atomic E-state index is 0.492. The first-order valence-electron chi connectivity index (χ1n) is 5.89. The zero-order valence-corrected chi connectivity index (χ0v) is 11.2. The van der Waals surface area contributed by atoms with E-state index >= 15 is 0 Å². The van der Waals surface area contributed by atoms with Crippen LogP contribution in [0.2, 0.25) is 0 Å². The molecule has 0 amide bonds. The standard InChI is InChI=1S/C13H11N5OS/c14-9-4-5-12(16-7-9)20-8-11-17-13(18-19-11)10-3-1-2-6-15-10/h1-7H,8,14H2. The average Bonchev–Trinajstić information content (AvgIpc) is 2.97. The molecule has 0 bridgehead atoms. The predicted molar refractivity (Wildman–Crippen MR) is 75.7 cm³/mol. The Hall–Kier alpha value is -2.41. The summed E-state index contributed by atoms with van der Waals surface area (Å²) in [4.78, 5) is 12.7. The lowest BCUT2D eigenvalue weighted by molar-refractivity contribution is 0.391. The summed E-state index contributed by atoms with van der Waals surface area (Å²) in [5.41, 5.74) is 6.92. The van der Waals surface area contributed by atoms with Crippen LogP contribution < -0.4 is 5.73 Å². The molecule has 6 nitrogen and oxygen atoms in total. The van der Waals surface area contributed by atoms with Gasteiger partial charge < -0.3 is 10.3 Å². The van der Waals surface area contributed by atoms with Crippen molar-refractivity contribution in [1.29, 1.82) is 0 Å². The number of hydrogen-bond acceptors (Lipinski definition) is 7. The lowest BCUT2D eigenvalue weighted by atomic mass is 10.3. The van der Waals surface area contributed by atoms with Crippen LogP contribution in [0.5, 0.6) is 0 Å². The van der Waals surface area contributed by atoms with Crippen LogP contribution in [0.4, 0.5) is 5.69 Å². The van der Waals surface area contributed by atoms with E-state index in [1.165, 1.54) is 11.8 Å². The Kier molecular flexibility index (Phi) is 3.60. The highest BCUT2D eigenvalue weighted by atomic mass is 32.2. The van der Waals surface area contributed by atoms with Gasteiger partial charge in [-0.05, 0) is 24.3 Å². The van der Waals surface area contributed by atoms with Crippen molar-refractivity contribution in [2.45, 2.75) is 10.8 Å². The lowest BCUT2D eigenvalue weighted by Gasteiger charge is -1.97. The molecule has 0 saturated heterocycles. The molecule has 7 heteroatoms. The van der Waals surface area contributed by atoms with Crippen LogP contribution in [0.25, 0.3) is 11.5 Å². The van der Waals surface area contributed by atoms with Crippen LogP contribution >= 0.6 is 11.8 Å². The summed E-state index contributed by atoms with van der Waals surface area (Å²) in [7, 11) is 0. The molecule has 0 aromatic carbocycles. The Balaban J connectivity index is 1.67. The largest absolute Gasteiger partial charge is 0.397 e. The van der Waals surface area contributed by atoms with Gasteiger partial charge >= 0.3 is 0 Å². The molecule has 0 fully saturated rings. The smallest absolute Gasteiger partial charge is 0.237 e. The third-order valence-electron chi connectivity index (χ3n) is 2.46. The van der Waals surface area contributed by atoms with Crippen molar-refractivity contribution in [2.75, 3.05) is 5.73 Å². The van der Waals surface area contributed by atoms with Crippen molar-refractivity contribution in [2.24, 2.45) is 0 Å². The van der Waals surface area contributed by atoms with Gasteiger partial charge in [-0.15, -0.1) is 0 Å². The van der Waals surface area contributed by atoms with Gasteiger partial charge in [-0.2, -0.15) is 4.98 Å². The maximum Gasteiger partial charge on any atom is 0.237 e. The van der Waals surface area contributed by atoms with Crippen LogP contribution in [0, 0.1) is 0 Å². The van der Waals surface area contributed by atoms with Gasteiger partial charge in [0.2, 0.25) is 11.7 Å². The zero-order valence-electron chi connectivity index (χ0n) is 10.4. The van der Waals surface area contributed by atoms with Crippen LogP contribution in [-0.2, 0) is 5.75 Å². The molecule has 0 radical (unpaired) electrons. The average molecular weight is 285 g/mol. The zero-order chi connectivity index (χ0) is 13.8. The van der Waals surface area contributed by atoms with Crippen LogP contribution in [0.1, 0.15) is 5.89 Å².